The Morgan fingerprint density at radius 2 is 2.29 bits per heavy atom. The number of benzene rings is 1. The van der Waals surface area contributed by atoms with E-state index in [4.69, 9.17) is 5.73 Å². The van der Waals surface area contributed by atoms with Crippen LogP contribution in [0.1, 0.15) is 27.3 Å². The van der Waals surface area contributed by atoms with E-state index in [0.717, 1.165) is 17.0 Å². The molecule has 3 N–H and O–H groups in total. The summed E-state index contributed by atoms with van der Waals surface area (Å²) in [5.41, 5.74) is 7.67. The van der Waals surface area contributed by atoms with Gasteiger partial charge in [-0.05, 0) is 24.6 Å². The summed E-state index contributed by atoms with van der Waals surface area (Å²) in [4.78, 5) is 16.5. The molecule has 0 aliphatic carbocycles. The van der Waals surface area contributed by atoms with Gasteiger partial charge in [0.25, 0.3) is 5.91 Å². The third kappa shape index (κ3) is 3.71. The number of carbonyl (C=O) groups is 1. The van der Waals surface area contributed by atoms with E-state index in [1.165, 1.54) is 0 Å². The number of aryl methyl sites for hydroxylation is 2. The molecular weight excluding hydrogens is 264 g/mol. The lowest BCUT2D eigenvalue weighted by atomic mass is 10.0. The summed E-state index contributed by atoms with van der Waals surface area (Å²) in [6, 6.07) is 5.55. The molecule has 2 rings (SSSR count). The van der Waals surface area contributed by atoms with Crippen molar-refractivity contribution in [3.63, 3.8) is 0 Å². The number of amides is 1. The fraction of sp³-hybridized carbons (Fsp3) is 0.250. The first-order valence-electron chi connectivity index (χ1n) is 6.66. The second-order valence-corrected chi connectivity index (χ2v) is 4.67. The molecule has 1 aromatic carbocycles. The minimum atomic E-state index is -0.133. The maximum absolute atomic E-state index is 12.3. The topological polar surface area (TPSA) is 72.9 Å². The van der Waals surface area contributed by atoms with Gasteiger partial charge >= 0.3 is 0 Å². The zero-order valence-electron chi connectivity index (χ0n) is 12.2. The van der Waals surface area contributed by atoms with Gasteiger partial charge < -0.3 is 15.6 Å². The summed E-state index contributed by atoms with van der Waals surface area (Å²) >= 11 is 0. The van der Waals surface area contributed by atoms with Crippen LogP contribution in [-0.4, -0.2) is 22.0 Å². The van der Waals surface area contributed by atoms with E-state index in [2.05, 4.69) is 22.1 Å². The van der Waals surface area contributed by atoms with Crippen LogP contribution in [0.25, 0.3) is 0 Å². The molecule has 0 spiro atoms. The number of nitrogens with two attached hydrogens (primary N) is 1. The first kappa shape index (κ1) is 14.8. The number of imidazole rings is 1. The Kier molecular flexibility index (Phi) is 4.75. The summed E-state index contributed by atoms with van der Waals surface area (Å²) in [5, 5.41) is 2.87. The fourth-order valence-electron chi connectivity index (χ4n) is 1.92. The molecule has 0 aliphatic rings. The van der Waals surface area contributed by atoms with E-state index in [1.54, 1.807) is 12.3 Å². The van der Waals surface area contributed by atoms with Crippen LogP contribution in [-0.2, 0) is 13.6 Å². The van der Waals surface area contributed by atoms with Gasteiger partial charge in [-0.25, -0.2) is 4.98 Å². The molecule has 5 nitrogen and oxygen atoms in total. The van der Waals surface area contributed by atoms with E-state index < -0.39 is 0 Å². The van der Waals surface area contributed by atoms with E-state index in [-0.39, 0.29) is 5.91 Å². The number of aromatic nitrogens is 2. The zero-order valence-corrected chi connectivity index (χ0v) is 12.2. The largest absolute Gasteiger partial charge is 0.345 e. The fourth-order valence-corrected chi connectivity index (χ4v) is 1.92. The van der Waals surface area contributed by atoms with E-state index in [9.17, 15) is 4.79 Å². The molecular formula is C16H18N4O. The highest BCUT2D eigenvalue weighted by atomic mass is 16.1. The molecule has 1 heterocycles. The maximum atomic E-state index is 12.3. The molecule has 0 fully saturated rings. The first-order chi connectivity index (χ1) is 10.1. The zero-order chi connectivity index (χ0) is 15.2. The van der Waals surface area contributed by atoms with Crippen LogP contribution in [0.2, 0.25) is 0 Å². The smallest absolute Gasteiger partial charge is 0.251 e. The van der Waals surface area contributed by atoms with Gasteiger partial charge in [-0.2, -0.15) is 0 Å². The summed E-state index contributed by atoms with van der Waals surface area (Å²) < 4.78 is 1.87. The number of rotatable bonds is 3. The quantitative estimate of drug-likeness (QED) is 0.824. The number of hydrogen-bond donors (Lipinski definition) is 2. The second kappa shape index (κ2) is 6.73. The number of hydrogen-bond acceptors (Lipinski definition) is 3. The standard InChI is InChI=1S/C16H18N4O/c1-12-5-6-13(4-3-7-17)10-14(12)16(21)19-11-15-18-8-9-20(15)2/h5-6,8-10H,7,11,17H2,1-2H3,(H,19,21). The van der Waals surface area contributed by atoms with E-state index in [0.29, 0.717) is 18.7 Å². The molecule has 0 radical (unpaired) electrons. The number of carbonyl (C=O) groups excluding carboxylic acids is 1. The Hall–Kier alpha value is -2.58. The van der Waals surface area contributed by atoms with Gasteiger partial charge in [0.05, 0.1) is 13.1 Å². The Morgan fingerprint density at radius 3 is 2.95 bits per heavy atom. The van der Waals surface area contributed by atoms with Gasteiger partial charge in [0.2, 0.25) is 0 Å². The molecule has 5 heteroatoms. The lowest BCUT2D eigenvalue weighted by Gasteiger charge is -2.08. The van der Waals surface area contributed by atoms with Crippen molar-refractivity contribution in [2.24, 2.45) is 12.8 Å². The highest BCUT2D eigenvalue weighted by Gasteiger charge is 2.10. The predicted molar refractivity (Wildman–Crippen MR) is 81.5 cm³/mol. The van der Waals surface area contributed by atoms with E-state index >= 15 is 0 Å². The van der Waals surface area contributed by atoms with Crippen LogP contribution in [0.3, 0.4) is 0 Å². The molecule has 108 valence electrons. The van der Waals surface area contributed by atoms with E-state index in [1.807, 2.05) is 36.9 Å². The molecule has 2 aromatic rings. The number of nitrogens with one attached hydrogen (secondary N) is 1. The highest BCUT2D eigenvalue weighted by Crippen LogP contribution is 2.11. The second-order valence-electron chi connectivity index (χ2n) is 4.67. The Labute approximate surface area is 124 Å². The lowest BCUT2D eigenvalue weighted by Crippen LogP contribution is -2.25. The first-order valence-corrected chi connectivity index (χ1v) is 6.66. The molecule has 21 heavy (non-hydrogen) atoms. The van der Waals surface area contributed by atoms with Crippen LogP contribution >= 0.6 is 0 Å². The van der Waals surface area contributed by atoms with Gasteiger partial charge in [-0.3, -0.25) is 4.79 Å². The van der Waals surface area contributed by atoms with Crippen molar-refractivity contribution in [3.8, 4) is 11.8 Å². The van der Waals surface area contributed by atoms with Gasteiger partial charge in [0.1, 0.15) is 5.82 Å². The molecule has 0 bridgehead atoms. The van der Waals surface area contributed by atoms with Gasteiger partial charge in [-0.15, -0.1) is 0 Å². The minimum absolute atomic E-state index is 0.133. The van der Waals surface area contributed by atoms with Gasteiger partial charge in [-0.1, -0.05) is 17.9 Å². The molecule has 0 atom stereocenters. The van der Waals surface area contributed by atoms with Crippen LogP contribution in [0, 0.1) is 18.8 Å². The monoisotopic (exact) mass is 282 g/mol. The molecule has 0 saturated heterocycles. The average Bonchev–Trinajstić information content (AvgIpc) is 2.89. The maximum Gasteiger partial charge on any atom is 0.251 e. The Balaban J connectivity index is 2.13. The minimum Gasteiger partial charge on any atom is -0.345 e. The van der Waals surface area contributed by atoms with Crippen LogP contribution < -0.4 is 11.1 Å². The van der Waals surface area contributed by atoms with Crippen molar-refractivity contribution in [1.82, 2.24) is 14.9 Å². The van der Waals surface area contributed by atoms with Crippen molar-refractivity contribution in [2.75, 3.05) is 6.54 Å². The van der Waals surface area contributed by atoms with Crippen LogP contribution in [0.4, 0.5) is 0 Å². The van der Waals surface area contributed by atoms with Gasteiger partial charge in [0, 0.05) is 30.6 Å². The molecule has 1 amide bonds. The molecule has 0 unspecified atom stereocenters. The van der Waals surface area contributed by atoms with Crippen molar-refractivity contribution >= 4 is 5.91 Å². The van der Waals surface area contributed by atoms with Crippen LogP contribution in [0.5, 0.6) is 0 Å². The SMILES string of the molecule is Cc1ccc(C#CCN)cc1C(=O)NCc1nccn1C. The third-order valence-corrected chi connectivity index (χ3v) is 3.15. The summed E-state index contributed by atoms with van der Waals surface area (Å²) in [6.07, 6.45) is 3.55. The molecule has 0 saturated carbocycles. The Bertz CT molecular complexity index is 707. The number of nitrogens with zero attached hydrogens (tertiary/aromatic N) is 2. The van der Waals surface area contributed by atoms with Crippen LogP contribution in [0.15, 0.2) is 30.6 Å². The van der Waals surface area contributed by atoms with Crippen molar-refractivity contribution < 1.29 is 4.79 Å². The lowest BCUT2D eigenvalue weighted by molar-refractivity contribution is 0.0949. The van der Waals surface area contributed by atoms with Crippen molar-refractivity contribution in [3.05, 3.63) is 53.1 Å². The average molecular weight is 282 g/mol. The summed E-state index contributed by atoms with van der Waals surface area (Å²) in [5.74, 6) is 6.39. The Morgan fingerprint density at radius 1 is 1.48 bits per heavy atom. The predicted octanol–water partition coefficient (Wildman–Crippen LogP) is 0.969. The molecule has 0 aliphatic heterocycles. The third-order valence-electron chi connectivity index (χ3n) is 3.15. The van der Waals surface area contributed by atoms with Gasteiger partial charge in [0.15, 0.2) is 0 Å². The normalized spacial score (nSPS) is 9.86. The summed E-state index contributed by atoms with van der Waals surface area (Å²) in [6.45, 7) is 2.59. The highest BCUT2D eigenvalue weighted by molar-refractivity contribution is 5.95. The van der Waals surface area contributed by atoms with Crippen molar-refractivity contribution in [1.29, 1.82) is 0 Å². The molecule has 1 aromatic heterocycles. The van der Waals surface area contributed by atoms with Crippen molar-refractivity contribution in [2.45, 2.75) is 13.5 Å². The summed E-state index contributed by atoms with van der Waals surface area (Å²) in [7, 11) is 1.89.